The largest absolute Gasteiger partial charge is 0.309 e. The molecule has 11 aromatic rings. The van der Waals surface area contributed by atoms with Crippen LogP contribution in [0.4, 0.5) is 0 Å². The van der Waals surface area contributed by atoms with Crippen LogP contribution in [0.15, 0.2) is 170 Å². The third-order valence-corrected chi connectivity index (χ3v) is 11.3. The standard InChI is InChI=1S/C51H28N6/c52-29-32-23-25-47-41(27-32)38-15-4-8-21-46(38)56(47)49-22-10-17-40-42-28-33(30-53)24-26-48(42)57(51(40)49)50-34(31-54)11-9-16-39(50)37-14-3-7-20-45(37)55-43-18-5-1-12-35(43)36-13-2-6-19-44(36)55/h1-28H. The lowest BCUT2D eigenvalue weighted by molar-refractivity contribution is 1.12. The van der Waals surface area contributed by atoms with E-state index < -0.39 is 0 Å². The summed E-state index contributed by atoms with van der Waals surface area (Å²) in [7, 11) is 0. The monoisotopic (exact) mass is 724 g/mol. The van der Waals surface area contributed by atoms with Gasteiger partial charge in [0, 0.05) is 43.4 Å². The summed E-state index contributed by atoms with van der Waals surface area (Å²) < 4.78 is 6.81. The van der Waals surface area contributed by atoms with Gasteiger partial charge in [-0.25, -0.2) is 0 Å². The SMILES string of the molecule is N#Cc1ccc2c(c1)c1ccccc1n2-c1cccc2c3cc(C#N)ccc3n(-c3c(C#N)cccc3-c3ccccc3-n3c4ccccc4c4ccccc43)c12. The molecule has 0 radical (unpaired) electrons. The van der Waals surface area contributed by atoms with Crippen LogP contribution < -0.4 is 0 Å². The number of nitrogens with zero attached hydrogens (tertiary/aromatic N) is 6. The molecule has 0 saturated carbocycles. The summed E-state index contributed by atoms with van der Waals surface area (Å²) in [4.78, 5) is 0. The highest BCUT2D eigenvalue weighted by Crippen LogP contribution is 2.44. The van der Waals surface area contributed by atoms with Crippen LogP contribution in [0.3, 0.4) is 0 Å². The number of aromatic nitrogens is 3. The molecule has 0 aliphatic rings. The molecule has 0 saturated heterocycles. The lowest BCUT2D eigenvalue weighted by Gasteiger charge is -2.20. The first kappa shape index (κ1) is 32.1. The molecule has 0 atom stereocenters. The van der Waals surface area contributed by atoms with E-state index in [0.29, 0.717) is 16.7 Å². The van der Waals surface area contributed by atoms with E-state index in [1.54, 1.807) is 0 Å². The van der Waals surface area contributed by atoms with Gasteiger partial charge in [-0.1, -0.05) is 97.1 Å². The minimum atomic E-state index is 0.517. The summed E-state index contributed by atoms with van der Waals surface area (Å²) >= 11 is 0. The fourth-order valence-corrected chi connectivity index (χ4v) is 9.01. The van der Waals surface area contributed by atoms with Crippen molar-refractivity contribution in [2.45, 2.75) is 0 Å². The number of benzene rings is 8. The average Bonchev–Trinajstić information content (AvgIpc) is 3.91. The highest BCUT2D eigenvalue weighted by Gasteiger charge is 2.25. The van der Waals surface area contributed by atoms with E-state index in [0.717, 1.165) is 82.8 Å². The van der Waals surface area contributed by atoms with Crippen LogP contribution in [-0.2, 0) is 0 Å². The van der Waals surface area contributed by atoms with E-state index in [-0.39, 0.29) is 0 Å². The molecular weight excluding hydrogens is 697 g/mol. The normalized spacial score (nSPS) is 11.5. The van der Waals surface area contributed by atoms with Crippen molar-refractivity contribution in [3.05, 3.63) is 187 Å². The Balaban J connectivity index is 1.30. The number of hydrogen-bond acceptors (Lipinski definition) is 3. The average molecular weight is 725 g/mol. The zero-order chi connectivity index (χ0) is 38.2. The van der Waals surface area contributed by atoms with Crippen LogP contribution in [0.1, 0.15) is 16.7 Å². The molecule has 6 heteroatoms. The topological polar surface area (TPSA) is 86.2 Å². The van der Waals surface area contributed by atoms with Gasteiger partial charge in [0.1, 0.15) is 6.07 Å². The summed E-state index contributed by atoms with van der Waals surface area (Å²) in [5, 5.41) is 37.2. The first-order valence-electron chi connectivity index (χ1n) is 18.7. The Labute approximate surface area is 326 Å². The molecule has 0 amide bonds. The van der Waals surface area contributed by atoms with E-state index in [4.69, 9.17) is 0 Å². The molecule has 3 aromatic heterocycles. The Hall–Kier alpha value is -8.37. The van der Waals surface area contributed by atoms with Gasteiger partial charge in [-0.05, 0) is 72.8 Å². The fourth-order valence-electron chi connectivity index (χ4n) is 9.01. The van der Waals surface area contributed by atoms with Gasteiger partial charge in [-0.15, -0.1) is 0 Å². The molecule has 0 fully saturated rings. The van der Waals surface area contributed by atoms with Gasteiger partial charge in [-0.2, -0.15) is 15.8 Å². The lowest BCUT2D eigenvalue weighted by Crippen LogP contribution is -2.05. The lowest BCUT2D eigenvalue weighted by atomic mass is 9.98. The molecule has 0 aliphatic carbocycles. The molecule has 6 nitrogen and oxygen atoms in total. The fraction of sp³-hybridized carbons (Fsp3) is 0. The number of hydrogen-bond donors (Lipinski definition) is 0. The van der Waals surface area contributed by atoms with Crippen molar-refractivity contribution >= 4 is 65.4 Å². The van der Waals surface area contributed by atoms with E-state index >= 15 is 0 Å². The maximum Gasteiger partial charge on any atom is 0.101 e. The smallest absolute Gasteiger partial charge is 0.101 e. The highest BCUT2D eigenvalue weighted by atomic mass is 15.1. The summed E-state index contributed by atoms with van der Waals surface area (Å²) in [6, 6.07) is 64.8. The van der Waals surface area contributed by atoms with Crippen LogP contribution in [-0.4, -0.2) is 13.7 Å². The first-order valence-corrected chi connectivity index (χ1v) is 18.7. The predicted molar refractivity (Wildman–Crippen MR) is 229 cm³/mol. The van der Waals surface area contributed by atoms with Gasteiger partial charge in [0.25, 0.3) is 0 Å². The van der Waals surface area contributed by atoms with Crippen LogP contribution in [0.25, 0.3) is 93.6 Å². The Morgan fingerprint density at radius 3 is 1.42 bits per heavy atom. The maximum atomic E-state index is 11.0. The number of para-hydroxylation sites is 6. The summed E-state index contributed by atoms with van der Waals surface area (Å²) in [5.41, 5.74) is 12.1. The molecular formula is C51H28N6. The molecule has 0 N–H and O–H groups in total. The van der Waals surface area contributed by atoms with Crippen LogP contribution >= 0.6 is 0 Å². The van der Waals surface area contributed by atoms with Gasteiger partial charge < -0.3 is 13.7 Å². The zero-order valence-electron chi connectivity index (χ0n) is 30.3. The van der Waals surface area contributed by atoms with Gasteiger partial charge in [0.15, 0.2) is 0 Å². The first-order chi connectivity index (χ1) is 28.2. The Bertz CT molecular complexity index is 3580. The summed E-state index contributed by atoms with van der Waals surface area (Å²) in [5.74, 6) is 0. The van der Waals surface area contributed by atoms with E-state index in [2.05, 4.69) is 141 Å². The van der Waals surface area contributed by atoms with Crippen molar-refractivity contribution in [1.29, 1.82) is 15.8 Å². The minimum absolute atomic E-state index is 0.517. The number of rotatable bonds is 4. The molecule has 0 unspecified atom stereocenters. The second kappa shape index (κ2) is 12.3. The molecule has 262 valence electrons. The Morgan fingerprint density at radius 2 is 0.789 bits per heavy atom. The molecule has 0 aliphatic heterocycles. The van der Waals surface area contributed by atoms with Crippen LogP contribution in [0.2, 0.25) is 0 Å². The van der Waals surface area contributed by atoms with E-state index in [1.165, 1.54) is 10.8 Å². The van der Waals surface area contributed by atoms with E-state index in [9.17, 15) is 15.8 Å². The summed E-state index contributed by atoms with van der Waals surface area (Å²) in [6.07, 6.45) is 0. The molecule has 11 rings (SSSR count). The second-order valence-electron chi connectivity index (χ2n) is 14.2. The van der Waals surface area contributed by atoms with Crippen LogP contribution in [0, 0.1) is 34.0 Å². The third-order valence-electron chi connectivity index (χ3n) is 11.3. The van der Waals surface area contributed by atoms with Gasteiger partial charge in [-0.3, -0.25) is 0 Å². The van der Waals surface area contributed by atoms with Crippen LogP contribution in [0.5, 0.6) is 0 Å². The molecule has 3 heterocycles. The van der Waals surface area contributed by atoms with E-state index in [1.807, 2.05) is 60.7 Å². The van der Waals surface area contributed by atoms with Gasteiger partial charge in [0.05, 0.1) is 79.0 Å². The van der Waals surface area contributed by atoms with Crippen molar-refractivity contribution in [3.8, 4) is 46.4 Å². The quantitative estimate of drug-likeness (QED) is 0.181. The molecule has 57 heavy (non-hydrogen) atoms. The Morgan fingerprint density at radius 1 is 0.333 bits per heavy atom. The van der Waals surface area contributed by atoms with Gasteiger partial charge >= 0.3 is 0 Å². The van der Waals surface area contributed by atoms with Crippen molar-refractivity contribution in [2.75, 3.05) is 0 Å². The molecule has 0 bridgehead atoms. The maximum absolute atomic E-state index is 11.0. The van der Waals surface area contributed by atoms with Crippen molar-refractivity contribution < 1.29 is 0 Å². The predicted octanol–water partition coefficient (Wildman–Crippen LogP) is 12.3. The van der Waals surface area contributed by atoms with Crippen molar-refractivity contribution in [2.24, 2.45) is 0 Å². The van der Waals surface area contributed by atoms with Crippen molar-refractivity contribution in [1.82, 2.24) is 13.7 Å². The number of fused-ring (bicyclic) bond motifs is 9. The second-order valence-corrected chi connectivity index (χ2v) is 14.2. The summed E-state index contributed by atoms with van der Waals surface area (Å²) in [6.45, 7) is 0. The highest BCUT2D eigenvalue weighted by molar-refractivity contribution is 6.16. The van der Waals surface area contributed by atoms with Gasteiger partial charge in [0.2, 0.25) is 0 Å². The zero-order valence-corrected chi connectivity index (χ0v) is 30.3. The molecule has 0 spiro atoms. The minimum Gasteiger partial charge on any atom is -0.309 e. The molecule has 8 aromatic carbocycles. The van der Waals surface area contributed by atoms with Crippen molar-refractivity contribution in [3.63, 3.8) is 0 Å². The number of nitriles is 3. The third kappa shape index (κ3) is 4.55. The Kier molecular flexibility index (Phi) is 6.95.